The minimum absolute atomic E-state index is 0.417. The summed E-state index contributed by atoms with van der Waals surface area (Å²) in [6, 6.07) is 9.48. The van der Waals surface area contributed by atoms with Crippen molar-refractivity contribution in [3.63, 3.8) is 0 Å². The Balaban J connectivity index is 2.80. The summed E-state index contributed by atoms with van der Waals surface area (Å²) in [5.74, 6) is 0.764. The first-order valence-electron chi connectivity index (χ1n) is 6.10. The monoisotopic (exact) mass is 297 g/mol. The molecule has 6 heteroatoms. The van der Waals surface area contributed by atoms with Gasteiger partial charge in [0.1, 0.15) is 0 Å². The summed E-state index contributed by atoms with van der Waals surface area (Å²) < 4.78 is 14.0. The number of rotatable bonds is 8. The van der Waals surface area contributed by atoms with E-state index in [1.807, 2.05) is 37.3 Å². The summed E-state index contributed by atoms with van der Waals surface area (Å²) >= 11 is 1.28. The highest BCUT2D eigenvalue weighted by Crippen LogP contribution is 2.53. The average Bonchev–Trinajstić information content (AvgIpc) is 2.42. The van der Waals surface area contributed by atoms with Gasteiger partial charge in [0.15, 0.2) is 0 Å². The zero-order valence-corrected chi connectivity index (χ0v) is 12.8. The van der Waals surface area contributed by atoms with E-state index < -0.39 is 6.65 Å². The van der Waals surface area contributed by atoms with E-state index in [1.54, 1.807) is 17.1 Å². The van der Waals surface area contributed by atoms with E-state index in [4.69, 9.17) is 5.50 Å². The van der Waals surface area contributed by atoms with Crippen molar-refractivity contribution >= 4 is 30.1 Å². The van der Waals surface area contributed by atoms with Crippen molar-refractivity contribution in [1.29, 1.82) is 0 Å². The Hall–Kier alpha value is -1.03. The molecule has 0 fully saturated rings. The van der Waals surface area contributed by atoms with Crippen LogP contribution in [0.25, 0.3) is 0 Å². The standard InChI is InChI=1S/C13H20N3OPS/c1-3-10-16(18(14,17)19-11-4-2)12-15-13-8-6-5-7-9-13/h3,5-9,12H,1,4,10-11H2,2H3,(H2,14,17). The van der Waals surface area contributed by atoms with Gasteiger partial charge in [0.2, 0.25) is 0 Å². The molecule has 1 rings (SSSR count). The molecule has 0 amide bonds. The van der Waals surface area contributed by atoms with Crippen LogP contribution >= 0.6 is 18.0 Å². The molecule has 0 aliphatic heterocycles. The number of hydrogen-bond acceptors (Lipinski definition) is 3. The Morgan fingerprint density at radius 2 is 2.16 bits per heavy atom. The fourth-order valence-corrected chi connectivity index (χ4v) is 4.54. The molecule has 0 radical (unpaired) electrons. The molecule has 0 aliphatic rings. The molecule has 0 spiro atoms. The molecule has 1 aromatic carbocycles. The van der Waals surface area contributed by atoms with Crippen LogP contribution in [-0.2, 0) is 4.57 Å². The largest absolute Gasteiger partial charge is 0.291 e. The van der Waals surface area contributed by atoms with Crippen molar-refractivity contribution in [2.24, 2.45) is 10.5 Å². The zero-order chi connectivity index (χ0) is 14.1. The number of para-hydroxylation sites is 1. The quantitative estimate of drug-likeness (QED) is 0.340. The van der Waals surface area contributed by atoms with Crippen LogP contribution in [0, 0.1) is 0 Å². The van der Waals surface area contributed by atoms with Crippen LogP contribution in [0.2, 0.25) is 0 Å². The molecular formula is C13H20N3OPS. The van der Waals surface area contributed by atoms with Crippen molar-refractivity contribution in [2.45, 2.75) is 13.3 Å². The zero-order valence-electron chi connectivity index (χ0n) is 11.1. The minimum atomic E-state index is -2.94. The van der Waals surface area contributed by atoms with Gasteiger partial charge in [-0.05, 0) is 18.6 Å². The molecule has 2 N–H and O–H groups in total. The molecule has 104 valence electrons. The Bertz CT molecular complexity index is 464. The number of aliphatic imine (C=N–C) groups is 1. The number of nitrogens with two attached hydrogens (primary N) is 1. The molecule has 19 heavy (non-hydrogen) atoms. The van der Waals surface area contributed by atoms with Gasteiger partial charge in [0.25, 0.3) is 6.65 Å². The summed E-state index contributed by atoms with van der Waals surface area (Å²) in [5.41, 5.74) is 6.71. The lowest BCUT2D eigenvalue weighted by atomic mass is 10.3. The Morgan fingerprint density at radius 1 is 1.47 bits per heavy atom. The molecule has 0 heterocycles. The molecule has 0 saturated heterocycles. The van der Waals surface area contributed by atoms with E-state index in [9.17, 15) is 4.57 Å². The van der Waals surface area contributed by atoms with Crippen LogP contribution < -0.4 is 5.50 Å². The van der Waals surface area contributed by atoms with Gasteiger partial charge in [-0.1, -0.05) is 42.6 Å². The van der Waals surface area contributed by atoms with Crippen LogP contribution in [0.5, 0.6) is 0 Å². The molecule has 0 bridgehead atoms. The predicted octanol–water partition coefficient (Wildman–Crippen LogP) is 4.04. The maximum absolute atomic E-state index is 12.4. The molecule has 1 aromatic rings. The summed E-state index contributed by atoms with van der Waals surface area (Å²) in [4.78, 5) is 4.29. The summed E-state index contributed by atoms with van der Waals surface area (Å²) in [6.07, 6.45) is 4.15. The maximum atomic E-state index is 12.4. The van der Waals surface area contributed by atoms with E-state index in [0.717, 1.165) is 17.9 Å². The predicted molar refractivity (Wildman–Crippen MR) is 86.0 cm³/mol. The van der Waals surface area contributed by atoms with E-state index in [1.165, 1.54) is 11.4 Å². The highest BCUT2D eigenvalue weighted by atomic mass is 32.7. The highest BCUT2D eigenvalue weighted by molar-refractivity contribution is 8.56. The SMILES string of the molecule is C=CCN(C=Nc1ccccc1)P(N)(=O)SCCC. The average molecular weight is 297 g/mol. The van der Waals surface area contributed by atoms with Gasteiger partial charge in [-0.2, -0.15) is 0 Å². The third-order valence-corrected chi connectivity index (χ3v) is 6.48. The molecule has 1 unspecified atom stereocenters. The van der Waals surface area contributed by atoms with E-state index in [2.05, 4.69) is 11.6 Å². The number of benzene rings is 1. The lowest BCUT2D eigenvalue weighted by Gasteiger charge is -2.24. The van der Waals surface area contributed by atoms with E-state index in [0.29, 0.717) is 6.54 Å². The third kappa shape index (κ3) is 5.64. The van der Waals surface area contributed by atoms with Crippen molar-refractivity contribution in [3.8, 4) is 0 Å². The molecular weight excluding hydrogens is 277 g/mol. The Morgan fingerprint density at radius 3 is 2.74 bits per heavy atom. The second kappa shape index (κ2) is 8.20. The summed E-state index contributed by atoms with van der Waals surface area (Å²) in [5, 5.41) is 0. The first kappa shape index (κ1) is 16.0. The fraction of sp³-hybridized carbons (Fsp3) is 0.308. The van der Waals surface area contributed by atoms with E-state index >= 15 is 0 Å². The third-order valence-electron chi connectivity index (χ3n) is 2.25. The molecule has 0 saturated carbocycles. The molecule has 1 atom stereocenters. The maximum Gasteiger partial charge on any atom is 0.291 e. The molecule has 0 aliphatic carbocycles. The van der Waals surface area contributed by atoms with Crippen molar-refractivity contribution in [1.82, 2.24) is 4.67 Å². The Kier molecular flexibility index (Phi) is 6.92. The lowest BCUT2D eigenvalue weighted by Crippen LogP contribution is -2.21. The first-order chi connectivity index (χ1) is 9.10. The van der Waals surface area contributed by atoms with Gasteiger partial charge in [-0.3, -0.25) is 14.7 Å². The smallest absolute Gasteiger partial charge is 0.290 e. The lowest BCUT2D eigenvalue weighted by molar-refractivity contribution is 0.550. The van der Waals surface area contributed by atoms with Crippen LogP contribution in [0.15, 0.2) is 48.0 Å². The minimum Gasteiger partial charge on any atom is -0.290 e. The number of hydrogen-bond donors (Lipinski definition) is 1. The van der Waals surface area contributed by atoms with Crippen molar-refractivity contribution < 1.29 is 4.57 Å². The van der Waals surface area contributed by atoms with Crippen LogP contribution in [-0.4, -0.2) is 23.3 Å². The number of nitrogens with zero attached hydrogens (tertiary/aromatic N) is 2. The normalized spacial score (nSPS) is 14.2. The second-order valence-electron chi connectivity index (χ2n) is 3.89. The van der Waals surface area contributed by atoms with E-state index in [-0.39, 0.29) is 0 Å². The fourth-order valence-electron chi connectivity index (χ4n) is 1.31. The topological polar surface area (TPSA) is 58.7 Å². The summed E-state index contributed by atoms with van der Waals surface area (Å²) in [6.45, 7) is 3.16. The van der Waals surface area contributed by atoms with Crippen LogP contribution in [0.1, 0.15) is 13.3 Å². The molecule has 4 nitrogen and oxygen atoms in total. The highest BCUT2D eigenvalue weighted by Gasteiger charge is 2.23. The van der Waals surface area contributed by atoms with Gasteiger partial charge in [-0.25, -0.2) is 4.99 Å². The van der Waals surface area contributed by atoms with Gasteiger partial charge in [-0.15, -0.1) is 6.58 Å². The van der Waals surface area contributed by atoms with Gasteiger partial charge in [0, 0.05) is 12.3 Å². The van der Waals surface area contributed by atoms with Crippen molar-refractivity contribution in [2.75, 3.05) is 12.3 Å². The van der Waals surface area contributed by atoms with Crippen LogP contribution in [0.3, 0.4) is 0 Å². The molecule has 0 aromatic heterocycles. The van der Waals surface area contributed by atoms with Gasteiger partial charge < -0.3 is 0 Å². The van der Waals surface area contributed by atoms with Crippen molar-refractivity contribution in [3.05, 3.63) is 43.0 Å². The van der Waals surface area contributed by atoms with Crippen LogP contribution in [0.4, 0.5) is 5.69 Å². The second-order valence-corrected chi connectivity index (χ2v) is 8.54. The summed E-state index contributed by atoms with van der Waals surface area (Å²) in [7, 11) is 0. The Labute approximate surface area is 119 Å². The first-order valence-corrected chi connectivity index (χ1v) is 9.42. The van der Waals surface area contributed by atoms with Gasteiger partial charge in [0.05, 0.1) is 12.0 Å². The van der Waals surface area contributed by atoms with Gasteiger partial charge >= 0.3 is 0 Å².